The molecule has 1 amide bonds. The van der Waals surface area contributed by atoms with E-state index >= 15 is 0 Å². The van der Waals surface area contributed by atoms with E-state index in [9.17, 15) is 24.9 Å². The maximum absolute atomic E-state index is 11.6. The first-order valence-electron chi connectivity index (χ1n) is 14.9. The second kappa shape index (κ2) is 16.3. The first-order valence-corrected chi connectivity index (χ1v) is 14.9. The molecular formula is C34H41N3O6. The van der Waals surface area contributed by atoms with E-state index < -0.39 is 18.2 Å². The topological polar surface area (TPSA) is 144 Å². The molecule has 0 radical (unpaired) electrons. The normalized spacial score (nSPS) is 12.6. The number of aromatic amines is 1. The molecular weight excluding hydrogens is 546 g/mol. The second-order valence-corrected chi connectivity index (χ2v) is 10.7. The van der Waals surface area contributed by atoms with Gasteiger partial charge in [0, 0.05) is 18.0 Å². The molecule has 0 spiro atoms. The Labute approximate surface area is 251 Å². The number of carboxylic acid groups (broad SMARTS) is 1. The fourth-order valence-corrected chi connectivity index (χ4v) is 5.21. The zero-order chi connectivity index (χ0) is 30.4. The Bertz CT molecular complexity index is 1490. The molecule has 1 unspecified atom stereocenters. The number of benzene rings is 3. The number of aliphatic hydroxyl groups is 1. The zero-order valence-corrected chi connectivity index (χ0v) is 24.3. The summed E-state index contributed by atoms with van der Waals surface area (Å²) in [6.07, 6.45) is 5.92. The van der Waals surface area contributed by atoms with Gasteiger partial charge in [-0.2, -0.15) is 0 Å². The number of pyridine rings is 1. The molecule has 4 aromatic rings. The highest BCUT2D eigenvalue weighted by Crippen LogP contribution is 2.28. The fourth-order valence-electron chi connectivity index (χ4n) is 5.21. The van der Waals surface area contributed by atoms with Gasteiger partial charge in [-0.3, -0.25) is 4.79 Å². The summed E-state index contributed by atoms with van der Waals surface area (Å²) in [7, 11) is 0. The van der Waals surface area contributed by atoms with Crippen molar-refractivity contribution in [2.24, 2.45) is 0 Å². The first kappa shape index (κ1) is 31.6. The van der Waals surface area contributed by atoms with Crippen molar-refractivity contribution in [2.45, 2.75) is 57.1 Å². The van der Waals surface area contributed by atoms with Gasteiger partial charge < -0.3 is 35.7 Å². The Morgan fingerprint density at radius 2 is 1.49 bits per heavy atom. The Balaban J connectivity index is 1.05. The molecule has 9 heteroatoms. The van der Waals surface area contributed by atoms with Crippen molar-refractivity contribution < 1.29 is 24.9 Å². The monoisotopic (exact) mass is 587 g/mol. The van der Waals surface area contributed by atoms with Crippen molar-refractivity contribution in [3.8, 4) is 11.5 Å². The summed E-state index contributed by atoms with van der Waals surface area (Å²) < 4.78 is 5.89. The summed E-state index contributed by atoms with van der Waals surface area (Å²) in [5.41, 5.74) is 2.46. The van der Waals surface area contributed by atoms with Gasteiger partial charge in [0.2, 0.25) is 5.56 Å². The van der Waals surface area contributed by atoms with Gasteiger partial charge in [-0.15, -0.1) is 0 Å². The van der Waals surface area contributed by atoms with Crippen LogP contribution in [-0.4, -0.2) is 46.1 Å². The predicted molar refractivity (Wildman–Crippen MR) is 168 cm³/mol. The highest BCUT2D eigenvalue weighted by atomic mass is 16.5. The highest BCUT2D eigenvalue weighted by molar-refractivity contribution is 5.87. The van der Waals surface area contributed by atoms with Crippen LogP contribution in [0.3, 0.4) is 0 Å². The SMILES string of the molecule is O=C(O)NC(c1ccccc1)c1ccc(OCCCCCCCCCNC[C@@H](O)c2ccc(O)c3[nH]c(=O)ccc23)cc1. The number of nitrogens with one attached hydrogen (secondary N) is 3. The van der Waals surface area contributed by atoms with E-state index in [-0.39, 0.29) is 11.3 Å². The van der Waals surface area contributed by atoms with Gasteiger partial charge in [0.15, 0.2) is 0 Å². The number of hydrogen-bond donors (Lipinski definition) is 6. The zero-order valence-electron chi connectivity index (χ0n) is 24.3. The molecule has 4 rings (SSSR count). The van der Waals surface area contributed by atoms with Crippen LogP contribution >= 0.6 is 0 Å². The summed E-state index contributed by atoms with van der Waals surface area (Å²) >= 11 is 0. The van der Waals surface area contributed by atoms with Crippen LogP contribution < -0.4 is 20.9 Å². The van der Waals surface area contributed by atoms with Crippen molar-refractivity contribution >= 4 is 17.0 Å². The first-order chi connectivity index (χ1) is 20.9. The van der Waals surface area contributed by atoms with Crippen LogP contribution in [0.15, 0.2) is 83.7 Å². The number of amides is 1. The van der Waals surface area contributed by atoms with E-state index in [1.165, 1.54) is 18.6 Å². The van der Waals surface area contributed by atoms with Crippen LogP contribution in [0.25, 0.3) is 10.9 Å². The quantitative estimate of drug-likeness (QED) is 0.0829. The number of aromatic hydroxyl groups is 1. The van der Waals surface area contributed by atoms with Crippen molar-refractivity contribution in [1.82, 2.24) is 15.6 Å². The molecule has 0 aliphatic heterocycles. The van der Waals surface area contributed by atoms with Gasteiger partial charge in [0.25, 0.3) is 0 Å². The average Bonchev–Trinajstić information content (AvgIpc) is 3.01. The standard InChI is InChI=1S/C34H41N3O6/c38-29-19-17-27(28-18-20-31(40)36-33(28)29)30(39)23-35-21-9-4-2-1-3-5-10-22-43-26-15-13-25(14-16-26)32(37-34(41)42)24-11-7-6-8-12-24/h6-8,11-20,30,32,35,37-39H,1-5,9-10,21-23H2,(H,36,40)(H,41,42)/t30-,32?/m1/s1. The number of phenolic OH excluding ortho intramolecular Hbond substituents is 1. The number of ether oxygens (including phenoxy) is 1. The van der Waals surface area contributed by atoms with Crippen LogP contribution in [0.2, 0.25) is 0 Å². The molecule has 1 heterocycles. The molecule has 43 heavy (non-hydrogen) atoms. The molecule has 6 N–H and O–H groups in total. The summed E-state index contributed by atoms with van der Waals surface area (Å²) in [5, 5.41) is 36.4. The molecule has 0 saturated heterocycles. The number of phenols is 1. The number of fused-ring (bicyclic) bond motifs is 1. The van der Waals surface area contributed by atoms with Gasteiger partial charge in [0.1, 0.15) is 11.5 Å². The van der Waals surface area contributed by atoms with Crippen LogP contribution in [0.1, 0.15) is 73.8 Å². The van der Waals surface area contributed by atoms with E-state index in [4.69, 9.17) is 4.74 Å². The minimum absolute atomic E-state index is 0.0134. The molecule has 228 valence electrons. The lowest BCUT2D eigenvalue weighted by molar-refractivity contribution is 0.176. The van der Waals surface area contributed by atoms with Crippen LogP contribution in [0.4, 0.5) is 4.79 Å². The number of aliphatic hydroxyl groups excluding tert-OH is 1. The van der Waals surface area contributed by atoms with E-state index in [0.717, 1.165) is 61.9 Å². The number of H-pyrrole nitrogens is 1. The largest absolute Gasteiger partial charge is 0.506 e. The van der Waals surface area contributed by atoms with Gasteiger partial charge in [-0.25, -0.2) is 4.79 Å². The predicted octanol–water partition coefficient (Wildman–Crippen LogP) is 6.02. The molecule has 2 atom stereocenters. The van der Waals surface area contributed by atoms with E-state index in [0.29, 0.717) is 29.6 Å². The summed E-state index contributed by atoms with van der Waals surface area (Å²) in [6.45, 7) is 1.86. The molecule has 0 aliphatic carbocycles. The minimum atomic E-state index is -1.07. The Morgan fingerprint density at radius 1 is 0.814 bits per heavy atom. The molecule has 0 fully saturated rings. The highest BCUT2D eigenvalue weighted by Gasteiger charge is 2.16. The number of unbranched alkanes of at least 4 members (excludes halogenated alkanes) is 6. The van der Waals surface area contributed by atoms with Crippen molar-refractivity contribution in [3.05, 3.63) is 106 Å². The van der Waals surface area contributed by atoms with Crippen molar-refractivity contribution in [1.29, 1.82) is 0 Å². The molecule has 9 nitrogen and oxygen atoms in total. The Morgan fingerprint density at radius 3 is 2.21 bits per heavy atom. The van der Waals surface area contributed by atoms with Crippen LogP contribution in [0.5, 0.6) is 11.5 Å². The maximum Gasteiger partial charge on any atom is 0.405 e. The number of carbonyl (C=O) groups is 1. The van der Waals surface area contributed by atoms with Crippen LogP contribution in [0, 0.1) is 0 Å². The summed E-state index contributed by atoms with van der Waals surface area (Å²) in [6, 6.07) is 22.8. The minimum Gasteiger partial charge on any atom is -0.506 e. The Kier molecular flexibility index (Phi) is 12.0. The lowest BCUT2D eigenvalue weighted by Crippen LogP contribution is -2.27. The number of rotatable bonds is 17. The van der Waals surface area contributed by atoms with Crippen LogP contribution in [-0.2, 0) is 0 Å². The van der Waals surface area contributed by atoms with Crippen molar-refractivity contribution in [2.75, 3.05) is 19.7 Å². The lowest BCUT2D eigenvalue weighted by Gasteiger charge is -2.18. The second-order valence-electron chi connectivity index (χ2n) is 10.7. The van der Waals surface area contributed by atoms with Gasteiger partial charge in [-0.05, 0) is 60.3 Å². The van der Waals surface area contributed by atoms with E-state index in [1.54, 1.807) is 12.1 Å². The molecule has 0 saturated carbocycles. The third-order valence-corrected chi connectivity index (χ3v) is 7.48. The average molecular weight is 588 g/mol. The van der Waals surface area contributed by atoms with E-state index in [1.807, 2.05) is 54.6 Å². The van der Waals surface area contributed by atoms with Crippen molar-refractivity contribution in [3.63, 3.8) is 0 Å². The maximum atomic E-state index is 11.6. The third kappa shape index (κ3) is 9.59. The molecule has 3 aromatic carbocycles. The fraction of sp³-hybridized carbons (Fsp3) is 0.353. The number of hydrogen-bond acceptors (Lipinski definition) is 6. The summed E-state index contributed by atoms with van der Waals surface area (Å²) in [5.74, 6) is 0.762. The van der Waals surface area contributed by atoms with Gasteiger partial charge in [-0.1, -0.05) is 80.6 Å². The molecule has 0 bridgehead atoms. The molecule has 0 aliphatic rings. The summed E-state index contributed by atoms with van der Waals surface area (Å²) in [4.78, 5) is 25.5. The smallest absolute Gasteiger partial charge is 0.405 e. The Hall–Kier alpha value is -4.34. The van der Waals surface area contributed by atoms with E-state index in [2.05, 4.69) is 15.6 Å². The van der Waals surface area contributed by atoms with Gasteiger partial charge >= 0.3 is 6.09 Å². The number of aromatic nitrogens is 1. The molecule has 1 aromatic heterocycles. The van der Waals surface area contributed by atoms with Gasteiger partial charge in [0.05, 0.1) is 24.3 Å². The lowest BCUT2D eigenvalue weighted by atomic mass is 9.99. The third-order valence-electron chi connectivity index (χ3n) is 7.48.